The van der Waals surface area contributed by atoms with Gasteiger partial charge in [-0.05, 0) is 29.8 Å². The molecular weight excluding hydrogens is 372 g/mol. The minimum Gasteiger partial charge on any atom is -0.353 e. The van der Waals surface area contributed by atoms with Crippen LogP contribution in [-0.4, -0.2) is 49.7 Å². The number of aromatic nitrogens is 2. The van der Waals surface area contributed by atoms with Crippen molar-refractivity contribution in [3.05, 3.63) is 78.4 Å². The third-order valence-corrected chi connectivity index (χ3v) is 6.56. The molecule has 144 valence electrons. The lowest BCUT2D eigenvalue weighted by atomic mass is 10.2. The SMILES string of the molecule is O=S(=O)(c1ccccc1)c1ccc(N2CCN(Cc3ccccc3)CC2)nn1. The zero-order chi connectivity index (χ0) is 19.4. The van der Waals surface area contributed by atoms with Crippen molar-refractivity contribution >= 4 is 15.7 Å². The number of benzene rings is 2. The summed E-state index contributed by atoms with van der Waals surface area (Å²) in [5.41, 5.74) is 1.31. The fourth-order valence-electron chi connectivity index (χ4n) is 3.32. The van der Waals surface area contributed by atoms with Crippen molar-refractivity contribution in [2.45, 2.75) is 16.5 Å². The summed E-state index contributed by atoms with van der Waals surface area (Å²) in [4.78, 5) is 4.78. The topological polar surface area (TPSA) is 66.4 Å². The number of sulfone groups is 1. The maximum atomic E-state index is 12.6. The molecule has 1 aliphatic heterocycles. The number of nitrogens with zero attached hydrogens (tertiary/aromatic N) is 4. The van der Waals surface area contributed by atoms with E-state index in [1.807, 2.05) is 6.07 Å². The molecule has 0 atom stereocenters. The summed E-state index contributed by atoms with van der Waals surface area (Å²) in [7, 11) is -3.63. The van der Waals surface area contributed by atoms with E-state index in [0.717, 1.165) is 32.7 Å². The van der Waals surface area contributed by atoms with Gasteiger partial charge >= 0.3 is 0 Å². The molecule has 1 aliphatic rings. The highest BCUT2D eigenvalue weighted by atomic mass is 32.2. The van der Waals surface area contributed by atoms with E-state index in [2.05, 4.69) is 44.3 Å². The molecule has 28 heavy (non-hydrogen) atoms. The first-order valence-electron chi connectivity index (χ1n) is 9.28. The molecular formula is C21H22N4O2S. The first kappa shape index (κ1) is 18.6. The molecule has 3 aromatic rings. The lowest BCUT2D eigenvalue weighted by Crippen LogP contribution is -2.46. The molecule has 2 heterocycles. The van der Waals surface area contributed by atoms with E-state index in [9.17, 15) is 8.42 Å². The Kier molecular flexibility index (Phi) is 5.36. The molecule has 0 unspecified atom stereocenters. The minimum absolute atomic E-state index is 0.0230. The number of piperazine rings is 1. The Morgan fingerprint density at radius 2 is 1.39 bits per heavy atom. The summed E-state index contributed by atoms with van der Waals surface area (Å²) in [6.45, 7) is 4.48. The van der Waals surface area contributed by atoms with Crippen molar-refractivity contribution in [3.8, 4) is 0 Å². The quantitative estimate of drug-likeness (QED) is 0.663. The molecule has 1 fully saturated rings. The van der Waals surface area contributed by atoms with Crippen LogP contribution in [0.5, 0.6) is 0 Å². The van der Waals surface area contributed by atoms with Crippen LogP contribution in [0.1, 0.15) is 5.56 Å². The Morgan fingerprint density at radius 1 is 0.750 bits per heavy atom. The predicted octanol–water partition coefficient (Wildman–Crippen LogP) is 2.63. The fourth-order valence-corrected chi connectivity index (χ4v) is 4.47. The fraction of sp³-hybridized carbons (Fsp3) is 0.238. The van der Waals surface area contributed by atoms with Gasteiger partial charge in [-0.15, -0.1) is 10.2 Å². The predicted molar refractivity (Wildman–Crippen MR) is 108 cm³/mol. The second-order valence-corrected chi connectivity index (χ2v) is 8.69. The zero-order valence-electron chi connectivity index (χ0n) is 15.5. The van der Waals surface area contributed by atoms with Crippen molar-refractivity contribution in [1.29, 1.82) is 0 Å². The minimum atomic E-state index is -3.63. The van der Waals surface area contributed by atoms with E-state index in [4.69, 9.17) is 0 Å². The third-order valence-electron chi connectivity index (χ3n) is 4.90. The number of rotatable bonds is 5. The molecule has 0 N–H and O–H groups in total. The monoisotopic (exact) mass is 394 g/mol. The zero-order valence-corrected chi connectivity index (χ0v) is 16.3. The van der Waals surface area contributed by atoms with Crippen molar-refractivity contribution in [2.24, 2.45) is 0 Å². The van der Waals surface area contributed by atoms with Gasteiger partial charge in [0.1, 0.15) is 0 Å². The first-order chi connectivity index (χ1) is 13.6. The van der Waals surface area contributed by atoms with E-state index in [1.54, 1.807) is 42.5 Å². The molecule has 7 heteroatoms. The van der Waals surface area contributed by atoms with Crippen molar-refractivity contribution in [3.63, 3.8) is 0 Å². The highest BCUT2D eigenvalue weighted by Gasteiger charge is 2.22. The largest absolute Gasteiger partial charge is 0.353 e. The molecule has 0 bridgehead atoms. The number of anilines is 1. The average Bonchev–Trinajstić information content (AvgIpc) is 2.76. The van der Waals surface area contributed by atoms with Gasteiger partial charge in [-0.1, -0.05) is 48.5 Å². The molecule has 4 rings (SSSR count). The van der Waals surface area contributed by atoms with Crippen molar-refractivity contribution in [2.75, 3.05) is 31.1 Å². The van der Waals surface area contributed by atoms with Crippen molar-refractivity contribution in [1.82, 2.24) is 15.1 Å². The van der Waals surface area contributed by atoms with Gasteiger partial charge in [0.2, 0.25) is 9.84 Å². The highest BCUT2D eigenvalue weighted by molar-refractivity contribution is 7.91. The van der Waals surface area contributed by atoms with E-state index < -0.39 is 9.84 Å². The summed E-state index contributed by atoms with van der Waals surface area (Å²) >= 11 is 0. The van der Waals surface area contributed by atoms with Gasteiger partial charge in [0, 0.05) is 32.7 Å². The molecule has 0 spiro atoms. The Hall–Kier alpha value is -2.77. The summed E-state index contributed by atoms with van der Waals surface area (Å²) in [5.74, 6) is 0.714. The molecule has 0 amide bonds. The van der Waals surface area contributed by atoms with Crippen LogP contribution in [0.4, 0.5) is 5.82 Å². The molecule has 0 radical (unpaired) electrons. The van der Waals surface area contributed by atoms with Gasteiger partial charge in [-0.2, -0.15) is 0 Å². The molecule has 1 saturated heterocycles. The van der Waals surface area contributed by atoms with Crippen LogP contribution in [0.3, 0.4) is 0 Å². The van der Waals surface area contributed by atoms with E-state index >= 15 is 0 Å². The number of hydrogen-bond donors (Lipinski definition) is 0. The Bertz CT molecular complexity index is 1000. The maximum absolute atomic E-state index is 12.6. The summed E-state index contributed by atoms with van der Waals surface area (Å²) in [5, 5.41) is 8.15. The molecule has 6 nitrogen and oxygen atoms in total. The van der Waals surface area contributed by atoms with Gasteiger partial charge in [-0.25, -0.2) is 8.42 Å². The number of hydrogen-bond acceptors (Lipinski definition) is 6. The maximum Gasteiger partial charge on any atom is 0.225 e. The Morgan fingerprint density at radius 3 is 2.00 bits per heavy atom. The van der Waals surface area contributed by atoms with E-state index in [0.29, 0.717) is 5.82 Å². The van der Waals surface area contributed by atoms with E-state index in [-0.39, 0.29) is 9.92 Å². The van der Waals surface area contributed by atoms with Gasteiger partial charge in [0.15, 0.2) is 10.8 Å². The van der Waals surface area contributed by atoms with Gasteiger partial charge in [0.05, 0.1) is 4.90 Å². The summed E-state index contributed by atoms with van der Waals surface area (Å²) in [6, 6.07) is 22.0. The van der Waals surface area contributed by atoms with Crippen molar-refractivity contribution < 1.29 is 8.42 Å². The molecule has 2 aromatic carbocycles. The van der Waals surface area contributed by atoms with Gasteiger partial charge in [-0.3, -0.25) is 4.90 Å². The van der Waals surface area contributed by atoms with Gasteiger partial charge < -0.3 is 4.90 Å². The second kappa shape index (κ2) is 8.08. The average molecular weight is 395 g/mol. The summed E-state index contributed by atoms with van der Waals surface area (Å²) in [6.07, 6.45) is 0. The molecule has 1 aromatic heterocycles. The Labute approximate surface area is 165 Å². The molecule has 0 saturated carbocycles. The van der Waals surface area contributed by atoms with Crippen LogP contribution in [0.25, 0.3) is 0 Å². The Balaban J connectivity index is 1.40. The van der Waals surface area contributed by atoms with Crippen LogP contribution in [0, 0.1) is 0 Å². The molecule has 0 aliphatic carbocycles. The van der Waals surface area contributed by atoms with Crippen LogP contribution >= 0.6 is 0 Å². The van der Waals surface area contributed by atoms with E-state index in [1.165, 1.54) is 5.56 Å². The van der Waals surface area contributed by atoms with Crippen LogP contribution < -0.4 is 4.90 Å². The van der Waals surface area contributed by atoms with Crippen LogP contribution in [-0.2, 0) is 16.4 Å². The second-order valence-electron chi connectivity index (χ2n) is 6.80. The van der Waals surface area contributed by atoms with Crippen LogP contribution in [0.2, 0.25) is 0 Å². The van der Waals surface area contributed by atoms with Gasteiger partial charge in [0.25, 0.3) is 0 Å². The first-order valence-corrected chi connectivity index (χ1v) is 10.8. The standard InChI is InChI=1S/C21H22N4O2S/c26-28(27,19-9-5-2-6-10-19)21-12-11-20(22-23-21)25-15-13-24(14-16-25)17-18-7-3-1-4-8-18/h1-12H,13-17H2. The normalized spacial score (nSPS) is 15.5. The lowest BCUT2D eigenvalue weighted by Gasteiger charge is -2.35. The summed E-state index contributed by atoms with van der Waals surface area (Å²) < 4.78 is 25.2. The lowest BCUT2D eigenvalue weighted by molar-refractivity contribution is 0.249. The highest BCUT2D eigenvalue weighted by Crippen LogP contribution is 2.20. The van der Waals surface area contributed by atoms with Crippen LogP contribution in [0.15, 0.2) is 82.7 Å². The third kappa shape index (κ3) is 4.05. The smallest absolute Gasteiger partial charge is 0.225 e.